The third-order valence-electron chi connectivity index (χ3n) is 2.00. The fourth-order valence-corrected chi connectivity index (χ4v) is 1.76. The van der Waals surface area contributed by atoms with E-state index in [0.717, 1.165) is 30.0 Å². The van der Waals surface area contributed by atoms with Crippen LogP contribution in [0.3, 0.4) is 0 Å². The van der Waals surface area contributed by atoms with Crippen LogP contribution in [0.4, 0.5) is 0 Å². The molecule has 0 spiro atoms. The summed E-state index contributed by atoms with van der Waals surface area (Å²) in [6.07, 6.45) is 1.52. The zero-order valence-corrected chi connectivity index (χ0v) is 13.6. The Morgan fingerprint density at radius 1 is 0.632 bits per heavy atom. The van der Waals surface area contributed by atoms with Gasteiger partial charge in [0.1, 0.15) is 0 Å². The molecular formula is C13H28N6. The lowest BCUT2D eigenvalue weighted by molar-refractivity contribution is 0.432. The normalized spacial score (nSPS) is 12.2. The SMILES string of the molecule is CC(CC(CC(C)=NN(C)C)=NN(C)C)=NN(C)C. The minimum Gasteiger partial charge on any atom is -0.303 e. The van der Waals surface area contributed by atoms with Gasteiger partial charge in [0.2, 0.25) is 0 Å². The molecule has 0 rings (SSSR count). The van der Waals surface area contributed by atoms with Crippen LogP contribution in [-0.2, 0) is 0 Å². The fraction of sp³-hybridized carbons (Fsp3) is 0.769. The van der Waals surface area contributed by atoms with E-state index in [1.807, 2.05) is 71.2 Å². The Bertz CT molecular complexity index is 324. The van der Waals surface area contributed by atoms with E-state index in [9.17, 15) is 0 Å². The van der Waals surface area contributed by atoms with E-state index >= 15 is 0 Å². The van der Waals surface area contributed by atoms with Crippen molar-refractivity contribution < 1.29 is 0 Å². The van der Waals surface area contributed by atoms with E-state index < -0.39 is 0 Å². The van der Waals surface area contributed by atoms with E-state index in [1.54, 1.807) is 0 Å². The zero-order chi connectivity index (χ0) is 15.0. The van der Waals surface area contributed by atoms with Gasteiger partial charge in [-0.05, 0) is 13.8 Å². The lowest BCUT2D eigenvalue weighted by Crippen LogP contribution is -2.17. The molecule has 19 heavy (non-hydrogen) atoms. The lowest BCUT2D eigenvalue weighted by Gasteiger charge is -2.13. The van der Waals surface area contributed by atoms with E-state index in [0.29, 0.717) is 0 Å². The van der Waals surface area contributed by atoms with Gasteiger partial charge in [-0.2, -0.15) is 15.3 Å². The van der Waals surface area contributed by atoms with Gasteiger partial charge in [-0.3, -0.25) is 0 Å². The number of nitrogens with zero attached hydrogens (tertiary/aromatic N) is 6. The summed E-state index contributed by atoms with van der Waals surface area (Å²) in [4.78, 5) is 0. The predicted molar refractivity (Wildman–Crippen MR) is 83.9 cm³/mol. The molecular weight excluding hydrogens is 240 g/mol. The number of rotatable bonds is 7. The first-order chi connectivity index (χ1) is 8.70. The Labute approximate surface area is 117 Å². The molecule has 0 N–H and O–H groups in total. The maximum Gasteiger partial charge on any atom is 0.0493 e. The van der Waals surface area contributed by atoms with Crippen LogP contribution in [0.1, 0.15) is 26.7 Å². The van der Waals surface area contributed by atoms with Crippen molar-refractivity contribution >= 4 is 17.1 Å². The molecule has 0 aromatic carbocycles. The summed E-state index contributed by atoms with van der Waals surface area (Å²) >= 11 is 0. The largest absolute Gasteiger partial charge is 0.303 e. The zero-order valence-electron chi connectivity index (χ0n) is 13.6. The summed E-state index contributed by atoms with van der Waals surface area (Å²) in [6.45, 7) is 4.03. The fourth-order valence-electron chi connectivity index (χ4n) is 1.76. The maximum atomic E-state index is 4.52. The van der Waals surface area contributed by atoms with Crippen LogP contribution < -0.4 is 0 Å². The lowest BCUT2D eigenvalue weighted by atomic mass is 10.1. The molecule has 0 saturated carbocycles. The Morgan fingerprint density at radius 3 is 1.21 bits per heavy atom. The van der Waals surface area contributed by atoms with Gasteiger partial charge in [0.15, 0.2) is 0 Å². The summed E-state index contributed by atoms with van der Waals surface area (Å²) in [5.41, 5.74) is 3.16. The highest BCUT2D eigenvalue weighted by Gasteiger charge is 2.06. The van der Waals surface area contributed by atoms with Crippen LogP contribution in [0.15, 0.2) is 15.3 Å². The van der Waals surface area contributed by atoms with Gasteiger partial charge in [-0.25, -0.2) is 0 Å². The third kappa shape index (κ3) is 10.1. The standard InChI is InChI=1S/C13H28N6/c1-11(14-17(3)4)9-13(16-19(7)8)10-12(2)15-18(5)6/h9-10H2,1-8H3. The van der Waals surface area contributed by atoms with E-state index in [2.05, 4.69) is 15.3 Å². The van der Waals surface area contributed by atoms with Gasteiger partial charge in [0.05, 0.1) is 0 Å². The molecule has 0 unspecified atom stereocenters. The predicted octanol–water partition coefficient (Wildman–Crippen LogP) is 1.56. The van der Waals surface area contributed by atoms with Gasteiger partial charge in [0.25, 0.3) is 0 Å². The third-order valence-corrected chi connectivity index (χ3v) is 2.00. The molecule has 0 aliphatic rings. The topological polar surface area (TPSA) is 46.8 Å². The average molecular weight is 268 g/mol. The summed E-state index contributed by atoms with van der Waals surface area (Å²) < 4.78 is 0. The molecule has 0 aromatic heterocycles. The monoisotopic (exact) mass is 268 g/mol. The van der Waals surface area contributed by atoms with Crippen molar-refractivity contribution in [1.29, 1.82) is 0 Å². The van der Waals surface area contributed by atoms with E-state index in [-0.39, 0.29) is 0 Å². The highest BCUT2D eigenvalue weighted by atomic mass is 15.4. The van der Waals surface area contributed by atoms with Crippen molar-refractivity contribution in [2.45, 2.75) is 26.7 Å². The molecule has 0 saturated heterocycles. The van der Waals surface area contributed by atoms with Crippen molar-refractivity contribution in [3.63, 3.8) is 0 Å². The summed E-state index contributed by atoms with van der Waals surface area (Å²) in [7, 11) is 11.5. The highest BCUT2D eigenvalue weighted by molar-refractivity contribution is 6.11. The number of hydrogen-bond acceptors (Lipinski definition) is 6. The molecule has 0 fully saturated rings. The van der Waals surface area contributed by atoms with Crippen molar-refractivity contribution in [2.24, 2.45) is 15.3 Å². The molecule has 0 radical (unpaired) electrons. The Hall–Kier alpha value is -1.59. The Kier molecular flexibility index (Phi) is 7.79. The van der Waals surface area contributed by atoms with Crippen LogP contribution >= 0.6 is 0 Å². The average Bonchev–Trinajstić information content (AvgIpc) is 2.11. The molecule has 0 bridgehead atoms. The second kappa shape index (κ2) is 8.50. The van der Waals surface area contributed by atoms with Gasteiger partial charge < -0.3 is 15.0 Å². The molecule has 110 valence electrons. The van der Waals surface area contributed by atoms with Crippen LogP contribution in [0, 0.1) is 0 Å². The van der Waals surface area contributed by atoms with Gasteiger partial charge in [-0.1, -0.05) is 0 Å². The maximum absolute atomic E-state index is 4.52. The first kappa shape index (κ1) is 17.4. The molecule has 0 amide bonds. The van der Waals surface area contributed by atoms with Crippen molar-refractivity contribution in [3.8, 4) is 0 Å². The molecule has 0 aliphatic carbocycles. The molecule has 0 atom stereocenters. The number of hydrogen-bond donors (Lipinski definition) is 0. The Morgan fingerprint density at radius 2 is 0.947 bits per heavy atom. The molecule has 0 aliphatic heterocycles. The van der Waals surface area contributed by atoms with Gasteiger partial charge >= 0.3 is 0 Å². The first-order valence-corrected chi connectivity index (χ1v) is 6.37. The molecule has 6 heteroatoms. The molecule has 0 aromatic rings. The second-order valence-corrected chi connectivity index (χ2v) is 5.23. The smallest absolute Gasteiger partial charge is 0.0493 e. The van der Waals surface area contributed by atoms with Crippen LogP contribution in [-0.4, -0.2) is 74.4 Å². The van der Waals surface area contributed by atoms with Crippen molar-refractivity contribution in [2.75, 3.05) is 42.3 Å². The van der Waals surface area contributed by atoms with Crippen molar-refractivity contribution in [3.05, 3.63) is 0 Å². The minimum atomic E-state index is 0.761. The van der Waals surface area contributed by atoms with Crippen LogP contribution in [0.25, 0.3) is 0 Å². The van der Waals surface area contributed by atoms with E-state index in [1.165, 1.54) is 0 Å². The molecule has 6 nitrogen and oxygen atoms in total. The minimum absolute atomic E-state index is 0.761. The summed E-state index contributed by atoms with van der Waals surface area (Å²) in [5, 5.41) is 18.7. The number of hydrazone groups is 3. The van der Waals surface area contributed by atoms with Gasteiger partial charge in [-0.15, -0.1) is 0 Å². The Balaban J connectivity index is 4.85. The van der Waals surface area contributed by atoms with Gasteiger partial charge in [0, 0.05) is 72.3 Å². The van der Waals surface area contributed by atoms with Crippen LogP contribution in [0.2, 0.25) is 0 Å². The second-order valence-electron chi connectivity index (χ2n) is 5.23. The summed E-state index contributed by atoms with van der Waals surface area (Å²) in [6, 6.07) is 0. The highest BCUT2D eigenvalue weighted by Crippen LogP contribution is 2.02. The first-order valence-electron chi connectivity index (χ1n) is 6.37. The quantitative estimate of drug-likeness (QED) is 0.520. The summed E-state index contributed by atoms with van der Waals surface area (Å²) in [5.74, 6) is 0. The van der Waals surface area contributed by atoms with Crippen molar-refractivity contribution in [1.82, 2.24) is 15.0 Å². The van der Waals surface area contributed by atoms with Crippen LogP contribution in [0.5, 0.6) is 0 Å². The van der Waals surface area contributed by atoms with E-state index in [4.69, 9.17) is 0 Å². The molecule has 0 heterocycles.